The van der Waals surface area contributed by atoms with E-state index in [0.29, 0.717) is 10.6 Å². The van der Waals surface area contributed by atoms with E-state index in [0.717, 1.165) is 24.8 Å². The van der Waals surface area contributed by atoms with Gasteiger partial charge in [0.25, 0.3) is 0 Å². The van der Waals surface area contributed by atoms with Crippen molar-refractivity contribution >= 4 is 22.2 Å². The average Bonchev–Trinajstić information content (AvgIpc) is 2.77. The van der Waals surface area contributed by atoms with Crippen molar-refractivity contribution in [3.63, 3.8) is 0 Å². The first-order valence-electron chi connectivity index (χ1n) is 4.80. The molecule has 4 nitrogen and oxygen atoms in total. The highest BCUT2D eigenvalue weighted by atomic mass is 32.1. The number of nitrogens with one attached hydrogen (secondary N) is 1. The van der Waals surface area contributed by atoms with Crippen LogP contribution in [0.4, 0.5) is 5.00 Å². The molecule has 0 aromatic carbocycles. The minimum atomic E-state index is -0.244. The number of aryl methyl sites for hydroxylation is 1. The Morgan fingerprint density at radius 1 is 1.60 bits per heavy atom. The number of amides is 1. The first-order valence-corrected chi connectivity index (χ1v) is 5.62. The Balaban J connectivity index is 2.33. The molecule has 0 saturated carbocycles. The van der Waals surface area contributed by atoms with E-state index >= 15 is 0 Å². The normalized spacial score (nSPS) is 13.3. The number of thiophene rings is 1. The van der Waals surface area contributed by atoms with Crippen molar-refractivity contribution in [2.45, 2.75) is 19.3 Å². The quantitative estimate of drug-likeness (QED) is 0.782. The third-order valence-electron chi connectivity index (χ3n) is 2.47. The summed E-state index contributed by atoms with van der Waals surface area (Å²) < 4.78 is 0. The second-order valence-electron chi connectivity index (χ2n) is 3.43. The van der Waals surface area contributed by atoms with E-state index in [4.69, 9.17) is 11.0 Å². The summed E-state index contributed by atoms with van der Waals surface area (Å²) in [6, 6.07) is 2.16. The maximum Gasteiger partial charge on any atom is 0.238 e. The molecule has 0 atom stereocenters. The third kappa shape index (κ3) is 1.74. The Kier molecular flexibility index (Phi) is 2.71. The molecule has 0 spiro atoms. The molecule has 0 bridgehead atoms. The molecule has 1 aliphatic rings. The van der Waals surface area contributed by atoms with Gasteiger partial charge in [0.05, 0.1) is 12.1 Å². The van der Waals surface area contributed by atoms with Crippen molar-refractivity contribution in [2.24, 2.45) is 5.73 Å². The topological polar surface area (TPSA) is 78.9 Å². The second kappa shape index (κ2) is 4.01. The number of hydrogen-bond donors (Lipinski definition) is 2. The molecule has 1 aromatic heterocycles. The van der Waals surface area contributed by atoms with Crippen molar-refractivity contribution in [1.82, 2.24) is 0 Å². The lowest BCUT2D eigenvalue weighted by Crippen LogP contribution is -2.21. The molecule has 78 valence electrons. The zero-order chi connectivity index (χ0) is 10.8. The van der Waals surface area contributed by atoms with Crippen molar-refractivity contribution < 1.29 is 4.79 Å². The van der Waals surface area contributed by atoms with Gasteiger partial charge in [-0.05, 0) is 24.8 Å². The van der Waals surface area contributed by atoms with E-state index in [9.17, 15) is 4.79 Å². The zero-order valence-corrected chi connectivity index (χ0v) is 8.99. The average molecular weight is 221 g/mol. The lowest BCUT2D eigenvalue weighted by atomic mass is 10.1. The fourth-order valence-corrected chi connectivity index (χ4v) is 3.04. The maximum absolute atomic E-state index is 11.1. The summed E-state index contributed by atoms with van der Waals surface area (Å²) in [7, 11) is 0. The van der Waals surface area contributed by atoms with Crippen molar-refractivity contribution in [2.75, 3.05) is 11.9 Å². The Hall–Kier alpha value is -1.38. The van der Waals surface area contributed by atoms with Crippen LogP contribution in [0.5, 0.6) is 0 Å². The van der Waals surface area contributed by atoms with Crippen LogP contribution in [0, 0.1) is 11.3 Å². The largest absolute Gasteiger partial charge is 0.322 e. The predicted octanol–water partition coefficient (Wildman–Crippen LogP) is 1.01. The summed E-state index contributed by atoms with van der Waals surface area (Å²) in [5.74, 6) is -0.244. The van der Waals surface area contributed by atoms with Crippen LogP contribution in [0.2, 0.25) is 0 Å². The molecule has 2 rings (SSSR count). The van der Waals surface area contributed by atoms with E-state index in [1.165, 1.54) is 16.2 Å². The van der Waals surface area contributed by atoms with Crippen LogP contribution < -0.4 is 11.1 Å². The molecule has 1 aromatic rings. The Bertz CT molecular complexity index is 444. The lowest BCUT2D eigenvalue weighted by molar-refractivity contribution is -0.114. The SMILES string of the molecule is N#Cc1c(NC(=O)CN)sc2c1CCC2. The molecule has 5 heteroatoms. The van der Waals surface area contributed by atoms with E-state index in [1.54, 1.807) is 0 Å². The fourth-order valence-electron chi connectivity index (χ4n) is 1.79. The molecule has 0 unspecified atom stereocenters. The smallest absolute Gasteiger partial charge is 0.238 e. The molecular weight excluding hydrogens is 210 g/mol. The summed E-state index contributed by atoms with van der Waals surface area (Å²) >= 11 is 1.51. The summed E-state index contributed by atoms with van der Waals surface area (Å²) in [6.07, 6.45) is 3.08. The van der Waals surface area contributed by atoms with Crippen LogP contribution in [0.15, 0.2) is 0 Å². The molecule has 0 saturated heterocycles. The number of hydrogen-bond acceptors (Lipinski definition) is 4. The summed E-state index contributed by atoms with van der Waals surface area (Å²) in [5, 5.41) is 12.4. The van der Waals surface area contributed by atoms with E-state index in [1.807, 2.05) is 0 Å². The fraction of sp³-hybridized carbons (Fsp3) is 0.400. The number of nitrogens with zero attached hydrogens (tertiary/aromatic N) is 1. The predicted molar refractivity (Wildman–Crippen MR) is 58.7 cm³/mol. The van der Waals surface area contributed by atoms with Gasteiger partial charge in [0.1, 0.15) is 11.1 Å². The van der Waals surface area contributed by atoms with Gasteiger partial charge in [0.2, 0.25) is 5.91 Å². The monoisotopic (exact) mass is 221 g/mol. The van der Waals surface area contributed by atoms with Gasteiger partial charge in [-0.3, -0.25) is 4.79 Å². The van der Waals surface area contributed by atoms with Crippen molar-refractivity contribution in [1.29, 1.82) is 5.26 Å². The van der Waals surface area contributed by atoms with Gasteiger partial charge in [0.15, 0.2) is 0 Å². The molecule has 3 N–H and O–H groups in total. The van der Waals surface area contributed by atoms with Gasteiger partial charge >= 0.3 is 0 Å². The molecule has 15 heavy (non-hydrogen) atoms. The lowest BCUT2D eigenvalue weighted by Gasteiger charge is -2.00. The number of fused-ring (bicyclic) bond motifs is 1. The minimum Gasteiger partial charge on any atom is -0.322 e. The van der Waals surface area contributed by atoms with Crippen LogP contribution in [0.25, 0.3) is 0 Å². The van der Waals surface area contributed by atoms with E-state index in [2.05, 4.69) is 11.4 Å². The molecule has 1 amide bonds. The Morgan fingerprint density at radius 2 is 2.40 bits per heavy atom. The minimum absolute atomic E-state index is 0.0482. The number of nitriles is 1. The van der Waals surface area contributed by atoms with Crippen molar-refractivity contribution in [3.05, 3.63) is 16.0 Å². The number of carbonyl (C=O) groups is 1. The molecule has 1 heterocycles. The molecular formula is C10H11N3OS. The number of anilines is 1. The standard InChI is InChI=1S/C10H11N3OS/c11-4-7-6-2-1-3-8(6)15-10(7)13-9(14)5-12/h1-3,5,12H2,(H,13,14). The van der Waals surface area contributed by atoms with E-state index in [-0.39, 0.29) is 12.5 Å². The second-order valence-corrected chi connectivity index (χ2v) is 4.53. The van der Waals surface area contributed by atoms with Crippen LogP contribution in [0.3, 0.4) is 0 Å². The maximum atomic E-state index is 11.1. The highest BCUT2D eigenvalue weighted by Gasteiger charge is 2.22. The third-order valence-corrected chi connectivity index (χ3v) is 3.68. The van der Waals surface area contributed by atoms with Gasteiger partial charge in [0, 0.05) is 4.88 Å². The molecule has 0 aliphatic heterocycles. The van der Waals surface area contributed by atoms with Crippen LogP contribution in [-0.2, 0) is 17.6 Å². The number of nitrogens with two attached hydrogens (primary N) is 1. The Labute approximate surface area is 91.7 Å². The zero-order valence-electron chi connectivity index (χ0n) is 8.17. The van der Waals surface area contributed by atoms with Gasteiger partial charge in [-0.1, -0.05) is 0 Å². The first-order chi connectivity index (χ1) is 7.26. The highest BCUT2D eigenvalue weighted by molar-refractivity contribution is 7.16. The highest BCUT2D eigenvalue weighted by Crippen LogP contribution is 2.38. The first kappa shape index (κ1) is 10.1. The van der Waals surface area contributed by atoms with Crippen molar-refractivity contribution in [3.8, 4) is 6.07 Å². The van der Waals surface area contributed by atoms with Crippen LogP contribution in [0.1, 0.15) is 22.4 Å². The number of carbonyl (C=O) groups excluding carboxylic acids is 1. The molecule has 0 radical (unpaired) electrons. The summed E-state index contributed by atoms with van der Waals surface area (Å²) in [4.78, 5) is 12.4. The molecule has 0 fully saturated rings. The summed E-state index contributed by atoms with van der Waals surface area (Å²) in [6.45, 7) is -0.0482. The van der Waals surface area contributed by atoms with Gasteiger partial charge in [-0.2, -0.15) is 5.26 Å². The van der Waals surface area contributed by atoms with E-state index < -0.39 is 0 Å². The Morgan fingerprint density at radius 3 is 3.07 bits per heavy atom. The van der Waals surface area contributed by atoms with Crippen LogP contribution in [-0.4, -0.2) is 12.5 Å². The molecule has 1 aliphatic carbocycles. The van der Waals surface area contributed by atoms with Gasteiger partial charge in [-0.25, -0.2) is 0 Å². The van der Waals surface area contributed by atoms with Gasteiger partial charge < -0.3 is 11.1 Å². The van der Waals surface area contributed by atoms with Crippen LogP contribution >= 0.6 is 11.3 Å². The number of rotatable bonds is 2. The van der Waals surface area contributed by atoms with Gasteiger partial charge in [-0.15, -0.1) is 11.3 Å². The summed E-state index contributed by atoms with van der Waals surface area (Å²) in [5.41, 5.74) is 6.97.